The average molecular weight is 206 g/mol. The van der Waals surface area contributed by atoms with Crippen molar-refractivity contribution >= 4 is 15.9 Å². The summed E-state index contributed by atoms with van der Waals surface area (Å²) in [6, 6.07) is 1.15. The smallest absolute Gasteiger partial charge is 0.217 e. The van der Waals surface area contributed by atoms with Crippen molar-refractivity contribution in [3.05, 3.63) is 34.0 Å². The first kappa shape index (κ1) is 7.47. The van der Waals surface area contributed by atoms with E-state index in [-0.39, 0.29) is 5.69 Å². The maximum absolute atomic E-state index is 12.6. The summed E-state index contributed by atoms with van der Waals surface area (Å²) in [4.78, 5) is 13.2. The summed E-state index contributed by atoms with van der Waals surface area (Å²) >= 11 is 3.03. The molecule has 0 saturated heterocycles. The van der Waals surface area contributed by atoms with Crippen LogP contribution >= 0.6 is 15.9 Å². The molecule has 0 spiro atoms. The van der Waals surface area contributed by atoms with Crippen molar-refractivity contribution in [2.75, 3.05) is 0 Å². The number of pyridine rings is 1. The Morgan fingerprint density at radius 2 is 2.40 bits per heavy atom. The Balaban J connectivity index is 3.28. The van der Waals surface area contributed by atoms with Crippen molar-refractivity contribution in [3.8, 4) is 0 Å². The fraction of sp³-hybridized carbons (Fsp3) is 0.167. The van der Waals surface area contributed by atoms with Gasteiger partial charge in [0.1, 0.15) is 0 Å². The van der Waals surface area contributed by atoms with Crippen molar-refractivity contribution in [2.24, 2.45) is 0 Å². The van der Waals surface area contributed by atoms with E-state index in [0.717, 1.165) is 6.07 Å². The molecule has 0 aliphatic rings. The molecule has 0 fully saturated rings. The Morgan fingerprint density at radius 1 is 1.70 bits per heavy atom. The van der Waals surface area contributed by atoms with Crippen LogP contribution in [0.15, 0.2) is 17.1 Å². The SMILES string of the molecule is O=c1cc[nH]c(CBr)c1F. The zero-order valence-electron chi connectivity index (χ0n) is 5.03. The van der Waals surface area contributed by atoms with Gasteiger partial charge in [0.05, 0.1) is 5.69 Å². The molecule has 1 aromatic heterocycles. The fourth-order valence-corrected chi connectivity index (χ4v) is 1.01. The van der Waals surface area contributed by atoms with Crippen LogP contribution in [-0.2, 0) is 5.33 Å². The van der Waals surface area contributed by atoms with E-state index in [1.54, 1.807) is 0 Å². The van der Waals surface area contributed by atoms with Gasteiger partial charge >= 0.3 is 0 Å². The first-order valence-electron chi connectivity index (χ1n) is 2.67. The van der Waals surface area contributed by atoms with Crippen LogP contribution in [0.5, 0.6) is 0 Å². The molecule has 0 bridgehead atoms. The van der Waals surface area contributed by atoms with E-state index in [1.807, 2.05) is 0 Å². The highest BCUT2D eigenvalue weighted by Gasteiger charge is 2.02. The Bertz CT molecular complexity index is 283. The first-order chi connectivity index (χ1) is 4.75. The minimum atomic E-state index is -0.709. The summed E-state index contributed by atoms with van der Waals surface area (Å²) in [6.07, 6.45) is 1.42. The summed E-state index contributed by atoms with van der Waals surface area (Å²) in [7, 11) is 0. The molecule has 0 aromatic carbocycles. The summed E-state index contributed by atoms with van der Waals surface area (Å²) < 4.78 is 12.6. The van der Waals surface area contributed by atoms with Gasteiger partial charge in [-0.3, -0.25) is 4.79 Å². The largest absolute Gasteiger partial charge is 0.362 e. The minimum Gasteiger partial charge on any atom is -0.362 e. The number of rotatable bonds is 1. The molecule has 10 heavy (non-hydrogen) atoms. The van der Waals surface area contributed by atoms with E-state index in [0.29, 0.717) is 5.33 Å². The summed E-state index contributed by atoms with van der Waals surface area (Å²) in [5, 5.41) is 0.328. The fourth-order valence-electron chi connectivity index (χ4n) is 0.600. The van der Waals surface area contributed by atoms with Gasteiger partial charge in [0.15, 0.2) is 5.82 Å². The van der Waals surface area contributed by atoms with Crippen molar-refractivity contribution in [2.45, 2.75) is 5.33 Å². The van der Waals surface area contributed by atoms with E-state index in [9.17, 15) is 9.18 Å². The maximum atomic E-state index is 12.6. The number of halogens is 2. The van der Waals surface area contributed by atoms with Crippen LogP contribution in [0.1, 0.15) is 5.69 Å². The van der Waals surface area contributed by atoms with Crippen molar-refractivity contribution < 1.29 is 4.39 Å². The lowest BCUT2D eigenvalue weighted by molar-refractivity contribution is 0.598. The van der Waals surface area contributed by atoms with Crippen LogP contribution in [-0.4, -0.2) is 4.98 Å². The highest BCUT2D eigenvalue weighted by atomic mass is 79.9. The van der Waals surface area contributed by atoms with Crippen LogP contribution in [0, 0.1) is 5.82 Å². The molecule has 4 heteroatoms. The summed E-state index contributed by atoms with van der Waals surface area (Å²) in [5.74, 6) is -0.709. The lowest BCUT2D eigenvalue weighted by Gasteiger charge is -1.94. The Morgan fingerprint density at radius 3 is 2.90 bits per heavy atom. The monoisotopic (exact) mass is 205 g/mol. The third kappa shape index (κ3) is 1.26. The molecular weight excluding hydrogens is 201 g/mol. The number of hydrogen-bond donors (Lipinski definition) is 1. The number of nitrogens with one attached hydrogen (secondary N) is 1. The quantitative estimate of drug-likeness (QED) is 0.692. The first-order valence-corrected chi connectivity index (χ1v) is 3.80. The minimum absolute atomic E-state index is 0.285. The molecule has 0 saturated carbocycles. The Kier molecular flexibility index (Phi) is 2.21. The molecule has 1 aromatic rings. The topological polar surface area (TPSA) is 32.9 Å². The zero-order valence-corrected chi connectivity index (χ0v) is 6.61. The number of alkyl halides is 1. The van der Waals surface area contributed by atoms with E-state index in [2.05, 4.69) is 20.9 Å². The van der Waals surface area contributed by atoms with Gasteiger partial charge in [-0.25, -0.2) is 4.39 Å². The second kappa shape index (κ2) is 2.96. The van der Waals surface area contributed by atoms with Crippen LogP contribution in [0.2, 0.25) is 0 Å². The molecule has 0 unspecified atom stereocenters. The summed E-state index contributed by atoms with van der Waals surface area (Å²) in [5.41, 5.74) is -0.291. The Hall–Kier alpha value is -0.640. The van der Waals surface area contributed by atoms with E-state index in [1.165, 1.54) is 6.20 Å². The average Bonchev–Trinajstić information content (AvgIpc) is 1.95. The highest BCUT2D eigenvalue weighted by Crippen LogP contribution is 2.01. The standard InChI is InChI=1S/C6H5BrFNO/c7-3-4-6(8)5(10)1-2-9-4/h1-2H,3H2,(H,9,10). The van der Waals surface area contributed by atoms with Gasteiger partial charge in [-0.05, 0) is 0 Å². The molecular formula is C6H5BrFNO. The van der Waals surface area contributed by atoms with E-state index < -0.39 is 11.2 Å². The number of hydrogen-bond acceptors (Lipinski definition) is 1. The van der Waals surface area contributed by atoms with Crippen molar-refractivity contribution in [3.63, 3.8) is 0 Å². The lowest BCUT2D eigenvalue weighted by Crippen LogP contribution is -2.08. The third-order valence-electron chi connectivity index (χ3n) is 1.11. The lowest BCUT2D eigenvalue weighted by atomic mass is 10.3. The highest BCUT2D eigenvalue weighted by molar-refractivity contribution is 9.08. The molecule has 0 atom stereocenters. The van der Waals surface area contributed by atoms with Gasteiger partial charge in [-0.2, -0.15) is 0 Å². The third-order valence-corrected chi connectivity index (χ3v) is 1.67. The van der Waals surface area contributed by atoms with Gasteiger partial charge in [0.25, 0.3) is 0 Å². The number of H-pyrrole nitrogens is 1. The predicted octanol–water partition coefficient (Wildman–Crippen LogP) is 1.41. The van der Waals surface area contributed by atoms with Gasteiger partial charge < -0.3 is 4.98 Å². The second-order valence-corrected chi connectivity index (χ2v) is 2.33. The van der Waals surface area contributed by atoms with Crippen LogP contribution in [0.25, 0.3) is 0 Å². The predicted molar refractivity (Wildman–Crippen MR) is 39.7 cm³/mol. The Labute approximate surface area is 65.2 Å². The van der Waals surface area contributed by atoms with Crippen molar-refractivity contribution in [1.82, 2.24) is 4.98 Å². The van der Waals surface area contributed by atoms with Crippen LogP contribution in [0.3, 0.4) is 0 Å². The number of aromatic amines is 1. The van der Waals surface area contributed by atoms with Crippen LogP contribution in [0.4, 0.5) is 4.39 Å². The molecule has 1 N–H and O–H groups in total. The second-order valence-electron chi connectivity index (χ2n) is 1.77. The normalized spacial score (nSPS) is 9.80. The van der Waals surface area contributed by atoms with Gasteiger partial charge in [0.2, 0.25) is 5.43 Å². The molecule has 1 heterocycles. The molecule has 0 amide bonds. The molecule has 0 aliphatic carbocycles. The molecule has 54 valence electrons. The number of aromatic nitrogens is 1. The zero-order chi connectivity index (χ0) is 7.56. The van der Waals surface area contributed by atoms with E-state index >= 15 is 0 Å². The maximum Gasteiger partial charge on any atom is 0.217 e. The van der Waals surface area contributed by atoms with Gasteiger partial charge in [-0.15, -0.1) is 0 Å². The molecule has 0 radical (unpaired) electrons. The van der Waals surface area contributed by atoms with Crippen LogP contribution < -0.4 is 5.43 Å². The molecule has 1 rings (SSSR count). The van der Waals surface area contributed by atoms with E-state index in [4.69, 9.17) is 0 Å². The molecule has 2 nitrogen and oxygen atoms in total. The van der Waals surface area contributed by atoms with Gasteiger partial charge in [-0.1, -0.05) is 15.9 Å². The van der Waals surface area contributed by atoms with Gasteiger partial charge in [0, 0.05) is 17.6 Å². The molecule has 0 aliphatic heterocycles. The van der Waals surface area contributed by atoms with Crippen molar-refractivity contribution in [1.29, 1.82) is 0 Å². The summed E-state index contributed by atoms with van der Waals surface area (Å²) in [6.45, 7) is 0.